The van der Waals surface area contributed by atoms with Gasteiger partial charge >= 0.3 is 5.97 Å². The smallest absolute Gasteiger partial charge is 0.320 e. The zero-order valence-corrected chi connectivity index (χ0v) is 10.8. The van der Waals surface area contributed by atoms with E-state index in [0.717, 1.165) is 45.2 Å². The van der Waals surface area contributed by atoms with Crippen LogP contribution in [0.15, 0.2) is 0 Å². The van der Waals surface area contributed by atoms with Crippen LogP contribution >= 0.6 is 0 Å². The van der Waals surface area contributed by atoms with Crippen LogP contribution in [0.2, 0.25) is 0 Å². The molecule has 0 radical (unpaired) electrons. The topological polar surface area (TPSA) is 40.5 Å². The molecule has 1 atom stereocenters. The summed E-state index contributed by atoms with van der Waals surface area (Å²) in [4.78, 5) is 13.3. The minimum Gasteiger partial charge on any atom is -0.480 e. The maximum absolute atomic E-state index is 11.1. The van der Waals surface area contributed by atoms with Crippen molar-refractivity contribution >= 4 is 5.97 Å². The highest BCUT2D eigenvalue weighted by Crippen LogP contribution is 2.26. The summed E-state index contributed by atoms with van der Waals surface area (Å²) in [5.41, 5.74) is 0.334. The highest BCUT2D eigenvalue weighted by Gasteiger charge is 2.29. The van der Waals surface area contributed by atoms with Crippen LogP contribution in [-0.2, 0) is 4.79 Å². The van der Waals surface area contributed by atoms with E-state index in [2.05, 4.69) is 25.7 Å². The second-order valence-corrected chi connectivity index (χ2v) is 5.65. The summed E-state index contributed by atoms with van der Waals surface area (Å²) in [6, 6.07) is -0.235. The van der Waals surface area contributed by atoms with Gasteiger partial charge in [0, 0.05) is 0 Å². The van der Waals surface area contributed by atoms with E-state index in [1.54, 1.807) is 0 Å². The Balaban J connectivity index is 2.47. The second kappa shape index (κ2) is 5.67. The van der Waals surface area contributed by atoms with Crippen LogP contribution in [0.25, 0.3) is 0 Å². The molecule has 1 heterocycles. The molecule has 0 aromatic heterocycles. The average Bonchev–Trinajstić information content (AvgIpc) is 2.27. The molecule has 1 aliphatic heterocycles. The normalized spacial score (nSPS) is 23.3. The molecular weight excluding hydrogens is 202 g/mol. The molecular formula is C13H25NO2. The van der Waals surface area contributed by atoms with Crippen LogP contribution in [0.4, 0.5) is 0 Å². The van der Waals surface area contributed by atoms with E-state index < -0.39 is 5.97 Å². The summed E-state index contributed by atoms with van der Waals surface area (Å²) in [6.07, 6.45) is 5.27. The van der Waals surface area contributed by atoms with E-state index >= 15 is 0 Å². The molecule has 0 aliphatic carbocycles. The first-order chi connectivity index (χ1) is 7.46. The third-order valence-electron chi connectivity index (χ3n) is 3.93. The zero-order valence-electron chi connectivity index (χ0n) is 10.8. The van der Waals surface area contributed by atoms with Crippen LogP contribution in [0.5, 0.6) is 0 Å². The zero-order chi connectivity index (χ0) is 12.2. The fraction of sp³-hybridized carbons (Fsp3) is 0.923. The highest BCUT2D eigenvalue weighted by molar-refractivity contribution is 5.73. The van der Waals surface area contributed by atoms with E-state index in [-0.39, 0.29) is 6.04 Å². The lowest BCUT2D eigenvalue weighted by Gasteiger charge is -2.35. The summed E-state index contributed by atoms with van der Waals surface area (Å²) in [5, 5.41) is 9.15. The van der Waals surface area contributed by atoms with Crippen molar-refractivity contribution in [3.63, 3.8) is 0 Å². The number of piperidine rings is 1. The molecule has 0 aromatic rings. The Hall–Kier alpha value is -0.570. The Bertz CT molecular complexity index is 238. The third-order valence-corrected chi connectivity index (χ3v) is 3.93. The molecule has 0 bridgehead atoms. The molecule has 16 heavy (non-hydrogen) atoms. The van der Waals surface area contributed by atoms with E-state index in [4.69, 9.17) is 5.11 Å². The van der Waals surface area contributed by atoms with Crippen molar-refractivity contribution in [2.45, 2.75) is 58.9 Å². The first-order valence-electron chi connectivity index (χ1n) is 6.43. The van der Waals surface area contributed by atoms with Crippen LogP contribution in [-0.4, -0.2) is 35.1 Å². The summed E-state index contributed by atoms with van der Waals surface area (Å²) in [5.74, 6) is -0.644. The molecule has 1 fully saturated rings. The molecule has 3 heteroatoms. The van der Waals surface area contributed by atoms with Crippen molar-refractivity contribution in [1.29, 1.82) is 0 Å². The quantitative estimate of drug-likeness (QED) is 0.785. The third kappa shape index (κ3) is 3.78. The molecule has 1 aliphatic rings. The van der Waals surface area contributed by atoms with E-state index in [9.17, 15) is 4.79 Å². The largest absolute Gasteiger partial charge is 0.480 e. The number of carboxylic acid groups (broad SMARTS) is 1. The summed E-state index contributed by atoms with van der Waals surface area (Å²) in [7, 11) is 0. The van der Waals surface area contributed by atoms with Crippen molar-refractivity contribution < 1.29 is 9.90 Å². The molecule has 1 N–H and O–H groups in total. The minimum absolute atomic E-state index is 0.235. The van der Waals surface area contributed by atoms with Crippen LogP contribution in [0.1, 0.15) is 52.9 Å². The summed E-state index contributed by atoms with van der Waals surface area (Å²) in [6.45, 7) is 8.60. The van der Waals surface area contributed by atoms with E-state index in [0.29, 0.717) is 5.41 Å². The maximum atomic E-state index is 11.1. The molecule has 1 rings (SSSR count). The van der Waals surface area contributed by atoms with Gasteiger partial charge in [-0.05, 0) is 37.8 Å². The maximum Gasteiger partial charge on any atom is 0.320 e. The molecule has 0 spiro atoms. The van der Waals surface area contributed by atoms with E-state index in [1.165, 1.54) is 0 Å². The Morgan fingerprint density at radius 1 is 1.44 bits per heavy atom. The molecule has 1 unspecified atom stereocenters. The van der Waals surface area contributed by atoms with Gasteiger partial charge in [0.1, 0.15) is 6.04 Å². The van der Waals surface area contributed by atoms with Crippen LogP contribution in [0.3, 0.4) is 0 Å². The number of carbonyl (C=O) groups is 1. The Labute approximate surface area is 98.8 Å². The first kappa shape index (κ1) is 13.5. The SMILES string of the molecule is CCC(C)(C)CCN1CCCCC1C(=O)O. The standard InChI is InChI=1S/C13H25NO2/c1-4-13(2,3)8-10-14-9-6-5-7-11(14)12(15)16/h11H,4-10H2,1-3H3,(H,15,16). The second-order valence-electron chi connectivity index (χ2n) is 5.65. The van der Waals surface area contributed by atoms with Crippen LogP contribution in [0, 0.1) is 5.41 Å². The average molecular weight is 227 g/mol. The molecule has 94 valence electrons. The van der Waals surface area contributed by atoms with Gasteiger partial charge < -0.3 is 5.11 Å². The molecule has 3 nitrogen and oxygen atoms in total. The molecule has 1 saturated heterocycles. The lowest BCUT2D eigenvalue weighted by molar-refractivity contribution is -0.144. The molecule has 0 aromatic carbocycles. The van der Waals surface area contributed by atoms with Crippen molar-refractivity contribution in [3.8, 4) is 0 Å². The van der Waals surface area contributed by atoms with Crippen molar-refractivity contribution in [2.75, 3.05) is 13.1 Å². The van der Waals surface area contributed by atoms with Gasteiger partial charge in [-0.25, -0.2) is 0 Å². The fourth-order valence-corrected chi connectivity index (χ4v) is 2.16. The first-order valence-corrected chi connectivity index (χ1v) is 6.43. The van der Waals surface area contributed by atoms with Gasteiger partial charge in [-0.2, -0.15) is 0 Å². The van der Waals surface area contributed by atoms with Gasteiger partial charge in [-0.3, -0.25) is 9.69 Å². The van der Waals surface area contributed by atoms with E-state index in [1.807, 2.05) is 0 Å². The van der Waals surface area contributed by atoms with Crippen molar-refractivity contribution in [2.24, 2.45) is 5.41 Å². The van der Waals surface area contributed by atoms with Crippen LogP contribution < -0.4 is 0 Å². The van der Waals surface area contributed by atoms with Gasteiger partial charge in [0.15, 0.2) is 0 Å². The van der Waals surface area contributed by atoms with Gasteiger partial charge in [0.2, 0.25) is 0 Å². The fourth-order valence-electron chi connectivity index (χ4n) is 2.16. The monoisotopic (exact) mass is 227 g/mol. The summed E-state index contributed by atoms with van der Waals surface area (Å²) >= 11 is 0. The Kier molecular flexibility index (Phi) is 4.78. The predicted octanol–water partition coefficient (Wildman–Crippen LogP) is 2.75. The molecule has 0 saturated carbocycles. The Morgan fingerprint density at radius 3 is 2.69 bits per heavy atom. The number of aliphatic carboxylic acids is 1. The summed E-state index contributed by atoms with van der Waals surface area (Å²) < 4.78 is 0. The van der Waals surface area contributed by atoms with Gasteiger partial charge in [0.25, 0.3) is 0 Å². The lowest BCUT2D eigenvalue weighted by Crippen LogP contribution is -2.45. The number of carboxylic acids is 1. The number of rotatable bonds is 5. The minimum atomic E-state index is -0.644. The number of likely N-dealkylation sites (tertiary alicyclic amines) is 1. The van der Waals surface area contributed by atoms with Gasteiger partial charge in [0.05, 0.1) is 0 Å². The number of hydrogen-bond donors (Lipinski definition) is 1. The predicted molar refractivity (Wildman–Crippen MR) is 65.5 cm³/mol. The van der Waals surface area contributed by atoms with Gasteiger partial charge in [-0.15, -0.1) is 0 Å². The van der Waals surface area contributed by atoms with Crippen molar-refractivity contribution in [3.05, 3.63) is 0 Å². The molecule has 0 amide bonds. The Morgan fingerprint density at radius 2 is 2.12 bits per heavy atom. The number of nitrogens with zero attached hydrogens (tertiary/aromatic N) is 1. The van der Waals surface area contributed by atoms with Crippen molar-refractivity contribution in [1.82, 2.24) is 4.90 Å². The number of hydrogen-bond acceptors (Lipinski definition) is 2. The lowest BCUT2D eigenvalue weighted by atomic mass is 9.86. The van der Waals surface area contributed by atoms with Gasteiger partial charge in [-0.1, -0.05) is 33.6 Å². The highest BCUT2D eigenvalue weighted by atomic mass is 16.4.